The molecular weight excluding hydrogens is 362 g/mol. The third-order valence-corrected chi connectivity index (χ3v) is 4.99. The van der Waals surface area contributed by atoms with Crippen LogP contribution in [0, 0.1) is 0 Å². The molecule has 2 aromatic carbocycles. The summed E-state index contributed by atoms with van der Waals surface area (Å²) < 4.78 is 0. The fourth-order valence-corrected chi connectivity index (χ4v) is 3.22. The van der Waals surface area contributed by atoms with Crippen LogP contribution in [0.3, 0.4) is 0 Å². The van der Waals surface area contributed by atoms with Crippen molar-refractivity contribution in [2.24, 2.45) is 5.73 Å². The lowest BCUT2D eigenvalue weighted by molar-refractivity contribution is 0.556. The van der Waals surface area contributed by atoms with Crippen LogP contribution in [-0.4, -0.2) is 0 Å². The highest BCUT2D eigenvalue weighted by atomic mass is 35.5. The zero-order valence-electron chi connectivity index (χ0n) is 18.1. The molecule has 2 aromatic rings. The number of rotatable bonds is 12. The van der Waals surface area contributed by atoms with E-state index in [1.807, 2.05) is 37.3 Å². The van der Waals surface area contributed by atoms with Crippen molar-refractivity contribution in [1.82, 2.24) is 0 Å². The number of halogens is 1. The fourth-order valence-electron chi connectivity index (χ4n) is 3.22. The van der Waals surface area contributed by atoms with Crippen LogP contribution in [0.2, 0.25) is 0 Å². The van der Waals surface area contributed by atoms with Gasteiger partial charge in [0.2, 0.25) is 0 Å². The number of hydrogen-bond acceptors (Lipinski definition) is 1. The van der Waals surface area contributed by atoms with Crippen molar-refractivity contribution in [3.63, 3.8) is 0 Å². The smallest absolute Gasteiger partial charge is 0.0266 e. The summed E-state index contributed by atoms with van der Waals surface area (Å²) in [4.78, 5) is 0. The second-order valence-corrected chi connectivity index (χ2v) is 7.62. The molecule has 0 aliphatic rings. The molecule has 2 N–H and O–H groups in total. The van der Waals surface area contributed by atoms with Crippen LogP contribution >= 0.6 is 12.4 Å². The van der Waals surface area contributed by atoms with Crippen LogP contribution in [0.25, 0.3) is 0 Å². The van der Waals surface area contributed by atoms with Crippen molar-refractivity contribution >= 4 is 12.4 Å². The molecular formula is C26H42ClN. The van der Waals surface area contributed by atoms with Crippen LogP contribution in [0.15, 0.2) is 60.7 Å². The van der Waals surface area contributed by atoms with Gasteiger partial charge in [0.25, 0.3) is 0 Å². The molecule has 1 atom stereocenters. The average molecular weight is 404 g/mol. The Morgan fingerprint density at radius 1 is 0.643 bits per heavy atom. The summed E-state index contributed by atoms with van der Waals surface area (Å²) in [6, 6.07) is 21.1. The maximum absolute atomic E-state index is 5.61. The molecule has 0 aliphatic heterocycles. The monoisotopic (exact) mass is 403 g/mol. The molecule has 0 saturated heterocycles. The van der Waals surface area contributed by atoms with Crippen molar-refractivity contribution < 1.29 is 0 Å². The molecule has 0 bridgehead atoms. The fraction of sp³-hybridized carbons (Fsp3) is 0.538. The summed E-state index contributed by atoms with van der Waals surface area (Å²) in [5, 5.41) is 0. The van der Waals surface area contributed by atoms with Gasteiger partial charge in [-0.1, -0.05) is 125 Å². The molecule has 28 heavy (non-hydrogen) atoms. The number of hydrogen-bond donors (Lipinski definition) is 1. The standard InChI is InChI=1S/C18H30.C8H11N.ClH/c1-2-3-4-5-6-7-8-9-10-12-15-18-16-13-11-14-17-18;1-7(9)8-5-3-2-4-6-8;/h11,13-14,16-17H,2-10,12,15H2,1H3;2-7H,9H2,1H3;1H. The molecule has 158 valence electrons. The van der Waals surface area contributed by atoms with Crippen LogP contribution < -0.4 is 5.73 Å². The highest BCUT2D eigenvalue weighted by molar-refractivity contribution is 5.85. The second-order valence-electron chi connectivity index (χ2n) is 7.62. The topological polar surface area (TPSA) is 26.0 Å². The lowest BCUT2D eigenvalue weighted by Crippen LogP contribution is -2.03. The largest absolute Gasteiger partial charge is 0.324 e. The third-order valence-electron chi connectivity index (χ3n) is 4.99. The zero-order valence-corrected chi connectivity index (χ0v) is 18.9. The summed E-state index contributed by atoms with van der Waals surface area (Å²) in [5.41, 5.74) is 8.30. The molecule has 1 unspecified atom stereocenters. The van der Waals surface area contributed by atoms with Crippen LogP contribution in [0.5, 0.6) is 0 Å². The highest BCUT2D eigenvalue weighted by Crippen LogP contribution is 2.12. The van der Waals surface area contributed by atoms with E-state index in [1.54, 1.807) is 0 Å². The van der Waals surface area contributed by atoms with E-state index in [0.717, 1.165) is 0 Å². The summed E-state index contributed by atoms with van der Waals surface area (Å²) >= 11 is 0. The van der Waals surface area contributed by atoms with Gasteiger partial charge in [0.1, 0.15) is 0 Å². The van der Waals surface area contributed by atoms with Crippen molar-refractivity contribution in [1.29, 1.82) is 0 Å². The summed E-state index contributed by atoms with van der Waals surface area (Å²) in [6.45, 7) is 4.27. The number of nitrogens with two attached hydrogens (primary N) is 1. The van der Waals surface area contributed by atoms with Gasteiger partial charge in [-0.25, -0.2) is 0 Å². The normalized spacial score (nSPS) is 11.1. The van der Waals surface area contributed by atoms with Crippen LogP contribution in [0.4, 0.5) is 0 Å². The van der Waals surface area contributed by atoms with Gasteiger partial charge in [-0.2, -0.15) is 0 Å². The zero-order chi connectivity index (χ0) is 19.6. The number of unbranched alkanes of at least 4 members (excludes halogenated alkanes) is 9. The van der Waals surface area contributed by atoms with Gasteiger partial charge in [-0.05, 0) is 30.9 Å². The molecule has 0 spiro atoms. The van der Waals surface area contributed by atoms with Gasteiger partial charge in [0, 0.05) is 6.04 Å². The van der Waals surface area contributed by atoms with Crippen molar-refractivity contribution in [2.45, 2.75) is 90.5 Å². The maximum atomic E-state index is 5.61. The van der Waals surface area contributed by atoms with Gasteiger partial charge in [-0.15, -0.1) is 12.4 Å². The molecule has 0 saturated carbocycles. The van der Waals surface area contributed by atoms with Crippen LogP contribution in [0.1, 0.15) is 95.2 Å². The maximum Gasteiger partial charge on any atom is 0.0266 e. The van der Waals surface area contributed by atoms with Gasteiger partial charge in [0.05, 0.1) is 0 Å². The van der Waals surface area contributed by atoms with E-state index in [9.17, 15) is 0 Å². The molecule has 2 rings (SSSR count). The molecule has 0 amide bonds. The van der Waals surface area contributed by atoms with E-state index in [4.69, 9.17) is 5.73 Å². The van der Waals surface area contributed by atoms with Crippen molar-refractivity contribution in [2.75, 3.05) is 0 Å². The minimum absolute atomic E-state index is 0. The van der Waals surface area contributed by atoms with Crippen molar-refractivity contribution in [3.05, 3.63) is 71.8 Å². The predicted molar refractivity (Wildman–Crippen MR) is 128 cm³/mol. The van der Waals surface area contributed by atoms with E-state index in [-0.39, 0.29) is 18.4 Å². The van der Waals surface area contributed by atoms with Gasteiger partial charge < -0.3 is 5.73 Å². The van der Waals surface area contributed by atoms with Gasteiger partial charge in [0.15, 0.2) is 0 Å². The Morgan fingerprint density at radius 2 is 1.07 bits per heavy atom. The van der Waals surface area contributed by atoms with Crippen LogP contribution in [-0.2, 0) is 6.42 Å². The summed E-state index contributed by atoms with van der Waals surface area (Å²) in [5.74, 6) is 0. The number of aryl methyl sites for hydroxylation is 1. The second kappa shape index (κ2) is 19.0. The summed E-state index contributed by atoms with van der Waals surface area (Å²) in [7, 11) is 0. The molecule has 0 fully saturated rings. The average Bonchev–Trinajstić information content (AvgIpc) is 2.71. The Kier molecular flexibility index (Phi) is 18.1. The Hall–Kier alpha value is -1.31. The van der Waals surface area contributed by atoms with Gasteiger partial charge >= 0.3 is 0 Å². The lowest BCUT2D eigenvalue weighted by Gasteiger charge is -2.03. The molecule has 2 heteroatoms. The van der Waals surface area contributed by atoms with E-state index >= 15 is 0 Å². The first-order chi connectivity index (χ1) is 13.2. The Morgan fingerprint density at radius 3 is 1.50 bits per heavy atom. The van der Waals surface area contributed by atoms with Crippen molar-refractivity contribution in [3.8, 4) is 0 Å². The molecule has 1 nitrogen and oxygen atoms in total. The quantitative estimate of drug-likeness (QED) is 0.354. The molecule has 0 heterocycles. The lowest BCUT2D eigenvalue weighted by atomic mass is 10.0. The molecule has 0 aliphatic carbocycles. The third kappa shape index (κ3) is 14.7. The molecule has 0 radical (unpaired) electrons. The Labute approximate surface area is 180 Å². The minimum atomic E-state index is 0. The Balaban J connectivity index is 0.000000614. The summed E-state index contributed by atoms with van der Waals surface area (Å²) in [6.07, 6.45) is 15.5. The van der Waals surface area contributed by atoms with E-state index in [1.165, 1.54) is 81.8 Å². The first kappa shape index (κ1) is 26.7. The number of benzene rings is 2. The first-order valence-electron chi connectivity index (χ1n) is 11.1. The minimum Gasteiger partial charge on any atom is -0.324 e. The molecule has 0 aromatic heterocycles. The predicted octanol–water partition coefficient (Wildman–Crippen LogP) is 8.28. The SMILES string of the molecule is CC(N)c1ccccc1.CCCCCCCCCCCCc1ccccc1.Cl. The first-order valence-corrected chi connectivity index (χ1v) is 11.1. The van der Waals surface area contributed by atoms with Gasteiger partial charge in [-0.3, -0.25) is 0 Å². The van der Waals surface area contributed by atoms with E-state index < -0.39 is 0 Å². The van der Waals surface area contributed by atoms with E-state index in [2.05, 4.69) is 37.3 Å². The highest BCUT2D eigenvalue weighted by Gasteiger charge is 1.95. The van der Waals surface area contributed by atoms with E-state index in [0.29, 0.717) is 0 Å². The Bertz CT molecular complexity index is 539.